The third kappa shape index (κ3) is 6.80. The highest BCUT2D eigenvalue weighted by Crippen LogP contribution is 2.32. The molecule has 0 aromatic heterocycles. The second-order valence-corrected chi connectivity index (χ2v) is 6.29. The van der Waals surface area contributed by atoms with Gasteiger partial charge in [0.2, 0.25) is 5.91 Å². The molecule has 1 aliphatic carbocycles. The standard InChI is InChI=1S/C14H23NO3S/c1-9(5-4-6-13(16)17)10(2)19-11(3)15-14(18)12-7-8-12/h9,12-13,16-17H,2-8H2,1H3,(H,15,18). The van der Waals surface area contributed by atoms with Crippen LogP contribution in [0.5, 0.6) is 0 Å². The van der Waals surface area contributed by atoms with Gasteiger partial charge in [-0.05, 0) is 42.9 Å². The fraction of sp³-hybridized carbons (Fsp3) is 0.643. The molecule has 0 aliphatic heterocycles. The molecule has 0 aromatic rings. The average molecular weight is 285 g/mol. The number of amides is 1. The lowest BCUT2D eigenvalue weighted by molar-refractivity contribution is -0.121. The molecule has 1 amide bonds. The van der Waals surface area contributed by atoms with Gasteiger partial charge < -0.3 is 15.5 Å². The van der Waals surface area contributed by atoms with Crippen LogP contribution in [0.4, 0.5) is 0 Å². The first-order valence-corrected chi connectivity index (χ1v) is 7.44. The van der Waals surface area contributed by atoms with Crippen molar-refractivity contribution < 1.29 is 15.0 Å². The van der Waals surface area contributed by atoms with Gasteiger partial charge in [0.25, 0.3) is 0 Å². The zero-order chi connectivity index (χ0) is 14.4. The summed E-state index contributed by atoms with van der Waals surface area (Å²) >= 11 is 1.39. The topological polar surface area (TPSA) is 69.6 Å². The molecule has 0 spiro atoms. The van der Waals surface area contributed by atoms with Crippen LogP contribution < -0.4 is 5.32 Å². The van der Waals surface area contributed by atoms with E-state index in [1.165, 1.54) is 11.8 Å². The van der Waals surface area contributed by atoms with E-state index in [0.29, 0.717) is 11.4 Å². The van der Waals surface area contributed by atoms with Gasteiger partial charge in [-0.15, -0.1) is 0 Å². The van der Waals surface area contributed by atoms with Crippen LogP contribution in [0.3, 0.4) is 0 Å². The van der Waals surface area contributed by atoms with Crippen LogP contribution in [0.2, 0.25) is 0 Å². The Bertz CT molecular complexity index is 351. The van der Waals surface area contributed by atoms with E-state index in [0.717, 1.165) is 30.6 Å². The van der Waals surface area contributed by atoms with Crippen LogP contribution >= 0.6 is 11.8 Å². The first-order valence-electron chi connectivity index (χ1n) is 6.62. The molecule has 4 nitrogen and oxygen atoms in total. The molecule has 1 unspecified atom stereocenters. The minimum atomic E-state index is -1.24. The summed E-state index contributed by atoms with van der Waals surface area (Å²) in [6.07, 6.45) is 2.67. The summed E-state index contributed by atoms with van der Waals surface area (Å²) in [6.45, 7) is 9.85. The highest BCUT2D eigenvalue weighted by Gasteiger charge is 2.29. The van der Waals surface area contributed by atoms with Gasteiger partial charge in [0.05, 0.1) is 5.03 Å². The molecule has 19 heavy (non-hydrogen) atoms. The van der Waals surface area contributed by atoms with Crippen molar-refractivity contribution in [3.8, 4) is 0 Å². The second kappa shape index (κ2) is 7.72. The van der Waals surface area contributed by atoms with Crippen LogP contribution in [0.25, 0.3) is 0 Å². The van der Waals surface area contributed by atoms with E-state index in [4.69, 9.17) is 10.2 Å². The summed E-state index contributed by atoms with van der Waals surface area (Å²) in [5.41, 5.74) is 0. The summed E-state index contributed by atoms with van der Waals surface area (Å²) in [7, 11) is 0. The summed E-state index contributed by atoms with van der Waals surface area (Å²) in [6, 6.07) is 0. The highest BCUT2D eigenvalue weighted by molar-refractivity contribution is 8.06. The molecule has 1 rings (SSSR count). The molecule has 1 fully saturated rings. The molecular weight excluding hydrogens is 262 g/mol. The third-order valence-electron chi connectivity index (χ3n) is 3.11. The van der Waals surface area contributed by atoms with Gasteiger partial charge in [0.15, 0.2) is 6.29 Å². The molecular formula is C14H23NO3S. The minimum absolute atomic E-state index is 0.0568. The fourth-order valence-corrected chi connectivity index (χ4v) is 2.42. The molecule has 108 valence electrons. The van der Waals surface area contributed by atoms with Crippen molar-refractivity contribution in [3.63, 3.8) is 0 Å². The van der Waals surface area contributed by atoms with E-state index < -0.39 is 6.29 Å². The molecule has 1 atom stereocenters. The molecule has 3 N–H and O–H groups in total. The van der Waals surface area contributed by atoms with E-state index in [1.54, 1.807) is 0 Å². The Kier molecular flexibility index (Phi) is 6.62. The van der Waals surface area contributed by atoms with Crippen molar-refractivity contribution in [3.05, 3.63) is 23.1 Å². The van der Waals surface area contributed by atoms with Crippen LogP contribution in [0, 0.1) is 11.8 Å². The van der Waals surface area contributed by atoms with Crippen molar-refractivity contribution in [1.29, 1.82) is 0 Å². The maximum Gasteiger partial charge on any atom is 0.227 e. The normalized spacial score (nSPS) is 16.2. The molecule has 0 saturated heterocycles. The summed E-state index contributed by atoms with van der Waals surface area (Å²) in [5.74, 6) is 0.480. The average Bonchev–Trinajstić information content (AvgIpc) is 3.11. The molecule has 0 bridgehead atoms. The summed E-state index contributed by atoms with van der Waals surface area (Å²) < 4.78 is 0. The Morgan fingerprint density at radius 3 is 2.53 bits per heavy atom. The fourth-order valence-electron chi connectivity index (χ4n) is 1.64. The predicted octanol–water partition coefficient (Wildman–Crippen LogP) is 2.35. The molecule has 0 heterocycles. The van der Waals surface area contributed by atoms with Gasteiger partial charge in [0, 0.05) is 5.92 Å². The molecule has 1 saturated carbocycles. The van der Waals surface area contributed by atoms with Gasteiger partial charge in [-0.3, -0.25) is 4.79 Å². The number of carbonyl (C=O) groups excluding carboxylic acids is 1. The first-order chi connectivity index (χ1) is 8.90. The van der Waals surface area contributed by atoms with Gasteiger partial charge in [-0.25, -0.2) is 0 Å². The monoisotopic (exact) mass is 285 g/mol. The number of hydrogen-bond donors (Lipinski definition) is 3. The van der Waals surface area contributed by atoms with E-state index in [9.17, 15) is 4.79 Å². The zero-order valence-electron chi connectivity index (χ0n) is 11.4. The van der Waals surface area contributed by atoms with Gasteiger partial charge in [0.1, 0.15) is 0 Å². The number of nitrogens with one attached hydrogen (secondary N) is 1. The Balaban J connectivity index is 2.20. The number of allylic oxidation sites excluding steroid dienone is 1. The number of aliphatic hydroxyl groups is 2. The first kappa shape index (κ1) is 16.3. The second-order valence-electron chi connectivity index (χ2n) is 5.07. The van der Waals surface area contributed by atoms with Crippen molar-refractivity contribution in [2.45, 2.75) is 45.3 Å². The van der Waals surface area contributed by atoms with Gasteiger partial charge in [-0.2, -0.15) is 0 Å². The van der Waals surface area contributed by atoms with Crippen LogP contribution in [0.1, 0.15) is 39.0 Å². The highest BCUT2D eigenvalue weighted by atomic mass is 32.2. The van der Waals surface area contributed by atoms with Crippen molar-refractivity contribution in [2.24, 2.45) is 11.8 Å². The molecule has 5 heteroatoms. The zero-order valence-corrected chi connectivity index (χ0v) is 12.2. The SMILES string of the molecule is C=C(NC(=O)C1CC1)SC(=C)C(C)CCCC(O)O. The number of rotatable bonds is 9. The van der Waals surface area contributed by atoms with Gasteiger partial charge >= 0.3 is 0 Å². The van der Waals surface area contributed by atoms with Crippen LogP contribution in [0.15, 0.2) is 23.1 Å². The lowest BCUT2D eigenvalue weighted by Gasteiger charge is -2.16. The largest absolute Gasteiger partial charge is 0.368 e. The third-order valence-corrected chi connectivity index (χ3v) is 4.13. The van der Waals surface area contributed by atoms with E-state index in [-0.39, 0.29) is 17.7 Å². The maximum atomic E-state index is 11.5. The lowest BCUT2D eigenvalue weighted by atomic mass is 10.0. The Morgan fingerprint density at radius 2 is 2.00 bits per heavy atom. The molecule has 1 aliphatic rings. The summed E-state index contributed by atoms with van der Waals surface area (Å²) in [4.78, 5) is 12.5. The van der Waals surface area contributed by atoms with Gasteiger partial charge in [-0.1, -0.05) is 31.8 Å². The van der Waals surface area contributed by atoms with E-state index in [1.807, 2.05) is 6.92 Å². The number of thioether (sulfide) groups is 1. The predicted molar refractivity (Wildman–Crippen MR) is 78.0 cm³/mol. The quantitative estimate of drug-likeness (QED) is 0.569. The van der Waals surface area contributed by atoms with Crippen molar-refractivity contribution in [2.75, 3.05) is 0 Å². The minimum Gasteiger partial charge on any atom is -0.368 e. The van der Waals surface area contributed by atoms with Crippen molar-refractivity contribution >= 4 is 17.7 Å². The van der Waals surface area contributed by atoms with Crippen molar-refractivity contribution in [1.82, 2.24) is 5.32 Å². The van der Waals surface area contributed by atoms with Crippen LogP contribution in [-0.4, -0.2) is 22.4 Å². The number of carbonyl (C=O) groups is 1. The maximum absolute atomic E-state index is 11.5. The van der Waals surface area contributed by atoms with E-state index in [2.05, 4.69) is 18.5 Å². The van der Waals surface area contributed by atoms with Crippen LogP contribution in [-0.2, 0) is 4.79 Å². The summed E-state index contributed by atoms with van der Waals surface area (Å²) in [5, 5.41) is 21.0. The Labute approximate surface area is 119 Å². The smallest absolute Gasteiger partial charge is 0.227 e. The lowest BCUT2D eigenvalue weighted by Crippen LogP contribution is -2.22. The Morgan fingerprint density at radius 1 is 1.37 bits per heavy atom. The number of aliphatic hydroxyl groups excluding tert-OH is 1. The molecule has 0 radical (unpaired) electrons. The number of hydrogen-bond acceptors (Lipinski definition) is 4. The molecule has 0 aromatic carbocycles. The Hall–Kier alpha value is -0.780. The van der Waals surface area contributed by atoms with E-state index >= 15 is 0 Å².